The van der Waals surface area contributed by atoms with Crippen LogP contribution in [0, 0.1) is 10.1 Å². The number of carbonyl (C=O) groups is 1. The summed E-state index contributed by atoms with van der Waals surface area (Å²) < 4.78 is 10.3. The largest absolute Gasteiger partial charge is 0.495 e. The van der Waals surface area contributed by atoms with E-state index in [9.17, 15) is 14.9 Å². The molecule has 0 aliphatic rings. The smallest absolute Gasteiger partial charge is 0.269 e. The zero-order valence-corrected chi connectivity index (χ0v) is 13.8. The normalized spacial score (nSPS) is 10.1. The fraction of sp³-hybridized carbons (Fsp3) is 0.188. The summed E-state index contributed by atoms with van der Waals surface area (Å²) in [6.45, 7) is 0. The first-order chi connectivity index (χ1) is 11.4. The van der Waals surface area contributed by atoms with Crippen molar-refractivity contribution < 1.29 is 19.2 Å². The van der Waals surface area contributed by atoms with Crippen LogP contribution in [-0.4, -0.2) is 25.1 Å². The van der Waals surface area contributed by atoms with Crippen LogP contribution in [0.2, 0.25) is 5.02 Å². The van der Waals surface area contributed by atoms with E-state index in [0.29, 0.717) is 27.8 Å². The molecule has 1 amide bonds. The maximum absolute atomic E-state index is 12.2. The molecule has 0 saturated carbocycles. The van der Waals surface area contributed by atoms with Gasteiger partial charge in [-0.1, -0.05) is 23.7 Å². The van der Waals surface area contributed by atoms with E-state index >= 15 is 0 Å². The quantitative estimate of drug-likeness (QED) is 0.636. The van der Waals surface area contributed by atoms with Gasteiger partial charge < -0.3 is 14.8 Å². The van der Waals surface area contributed by atoms with Gasteiger partial charge in [0.15, 0.2) is 0 Å². The summed E-state index contributed by atoms with van der Waals surface area (Å²) >= 11 is 6.01. The number of nitro benzene ring substituents is 1. The molecule has 2 aromatic carbocycles. The lowest BCUT2D eigenvalue weighted by Gasteiger charge is -2.13. The van der Waals surface area contributed by atoms with Crippen molar-refractivity contribution in [1.82, 2.24) is 0 Å². The monoisotopic (exact) mass is 350 g/mol. The molecule has 0 heterocycles. The molecule has 0 aliphatic heterocycles. The second-order valence-corrected chi connectivity index (χ2v) is 5.24. The zero-order chi connectivity index (χ0) is 17.7. The Morgan fingerprint density at radius 3 is 2.33 bits per heavy atom. The number of hydrogen-bond acceptors (Lipinski definition) is 5. The predicted octanol–water partition coefficient (Wildman–Crippen LogP) is 3.45. The highest BCUT2D eigenvalue weighted by molar-refractivity contribution is 6.32. The maximum Gasteiger partial charge on any atom is 0.269 e. The van der Waals surface area contributed by atoms with Gasteiger partial charge in [0.05, 0.1) is 36.3 Å². The minimum absolute atomic E-state index is 0.0248. The van der Waals surface area contributed by atoms with Crippen LogP contribution in [0.25, 0.3) is 0 Å². The fourth-order valence-electron chi connectivity index (χ4n) is 2.07. The number of hydrogen-bond donors (Lipinski definition) is 1. The SMILES string of the molecule is COc1cc(NC(=O)Cc2ccc([N+](=O)[O-])cc2)c(OC)cc1Cl. The Hall–Kier alpha value is -2.80. The molecule has 126 valence electrons. The third-order valence-corrected chi connectivity index (χ3v) is 3.56. The van der Waals surface area contributed by atoms with Crippen LogP contribution >= 0.6 is 11.6 Å². The molecule has 0 atom stereocenters. The van der Waals surface area contributed by atoms with Gasteiger partial charge in [0.2, 0.25) is 5.91 Å². The van der Waals surface area contributed by atoms with E-state index in [0.717, 1.165) is 0 Å². The molecule has 0 unspecified atom stereocenters. The summed E-state index contributed by atoms with van der Waals surface area (Å²) in [4.78, 5) is 22.3. The Bertz CT molecular complexity index is 762. The number of nitro groups is 1. The summed E-state index contributed by atoms with van der Waals surface area (Å²) in [5.74, 6) is 0.507. The highest BCUT2D eigenvalue weighted by atomic mass is 35.5. The Labute approximate surface area is 143 Å². The van der Waals surface area contributed by atoms with Crippen molar-refractivity contribution in [1.29, 1.82) is 0 Å². The molecule has 24 heavy (non-hydrogen) atoms. The van der Waals surface area contributed by atoms with Crippen LogP contribution in [0.5, 0.6) is 11.5 Å². The molecule has 1 N–H and O–H groups in total. The second kappa shape index (κ2) is 7.65. The van der Waals surface area contributed by atoms with Gasteiger partial charge in [0, 0.05) is 24.3 Å². The molecular weight excluding hydrogens is 336 g/mol. The van der Waals surface area contributed by atoms with Crippen molar-refractivity contribution >= 4 is 28.9 Å². The molecule has 0 fully saturated rings. The number of carbonyl (C=O) groups excluding carboxylic acids is 1. The fourth-order valence-corrected chi connectivity index (χ4v) is 2.30. The molecular formula is C16H15ClN2O5. The minimum atomic E-state index is -0.491. The number of halogens is 1. The molecule has 0 saturated heterocycles. The first kappa shape index (κ1) is 17.6. The summed E-state index contributed by atoms with van der Waals surface area (Å²) in [6.07, 6.45) is 0.0616. The van der Waals surface area contributed by atoms with Crippen LogP contribution in [0.3, 0.4) is 0 Å². The molecule has 0 radical (unpaired) electrons. The topological polar surface area (TPSA) is 90.7 Å². The zero-order valence-electron chi connectivity index (χ0n) is 13.0. The molecule has 0 bridgehead atoms. The maximum atomic E-state index is 12.2. The third-order valence-electron chi connectivity index (χ3n) is 3.26. The lowest BCUT2D eigenvalue weighted by atomic mass is 10.1. The molecule has 8 heteroatoms. The Balaban J connectivity index is 2.13. The van der Waals surface area contributed by atoms with Crippen molar-refractivity contribution in [2.45, 2.75) is 6.42 Å². The Morgan fingerprint density at radius 1 is 1.17 bits per heavy atom. The van der Waals surface area contributed by atoms with Gasteiger partial charge in [-0.3, -0.25) is 14.9 Å². The second-order valence-electron chi connectivity index (χ2n) is 4.84. The number of nitrogens with one attached hydrogen (secondary N) is 1. The van der Waals surface area contributed by atoms with Crippen molar-refractivity contribution in [2.75, 3.05) is 19.5 Å². The molecule has 0 aromatic heterocycles. The lowest BCUT2D eigenvalue weighted by Crippen LogP contribution is -2.15. The van der Waals surface area contributed by atoms with E-state index in [4.69, 9.17) is 21.1 Å². The number of benzene rings is 2. The van der Waals surface area contributed by atoms with E-state index in [-0.39, 0.29) is 18.0 Å². The number of rotatable bonds is 6. The van der Waals surface area contributed by atoms with Gasteiger partial charge in [0.1, 0.15) is 11.5 Å². The molecule has 7 nitrogen and oxygen atoms in total. The van der Waals surface area contributed by atoms with Gasteiger partial charge in [-0.2, -0.15) is 0 Å². The van der Waals surface area contributed by atoms with Crippen molar-refractivity contribution in [3.8, 4) is 11.5 Å². The molecule has 2 aromatic rings. The van der Waals surface area contributed by atoms with Gasteiger partial charge >= 0.3 is 0 Å². The van der Waals surface area contributed by atoms with Crippen molar-refractivity contribution in [2.24, 2.45) is 0 Å². The van der Waals surface area contributed by atoms with Crippen molar-refractivity contribution in [3.63, 3.8) is 0 Å². The standard InChI is InChI=1S/C16H15ClN2O5/c1-23-14-9-13(15(24-2)8-12(14)17)18-16(20)7-10-3-5-11(6-4-10)19(21)22/h3-6,8-9H,7H2,1-2H3,(H,18,20). The molecule has 2 rings (SSSR count). The number of nitrogens with zero attached hydrogens (tertiary/aromatic N) is 1. The van der Waals surface area contributed by atoms with Crippen LogP contribution in [0.15, 0.2) is 36.4 Å². The first-order valence-electron chi connectivity index (χ1n) is 6.89. The summed E-state index contributed by atoms with van der Waals surface area (Å²) in [6, 6.07) is 8.90. The van der Waals surface area contributed by atoms with Gasteiger partial charge in [-0.05, 0) is 5.56 Å². The van der Waals surface area contributed by atoms with E-state index < -0.39 is 4.92 Å². The van der Waals surface area contributed by atoms with Crippen molar-refractivity contribution in [3.05, 3.63) is 57.1 Å². The molecule has 0 spiro atoms. The first-order valence-corrected chi connectivity index (χ1v) is 7.27. The number of non-ortho nitro benzene ring substituents is 1. The number of ether oxygens (including phenoxy) is 2. The number of anilines is 1. The minimum Gasteiger partial charge on any atom is -0.495 e. The Morgan fingerprint density at radius 2 is 1.79 bits per heavy atom. The van der Waals surface area contributed by atoms with Crippen LogP contribution < -0.4 is 14.8 Å². The van der Waals surface area contributed by atoms with Crippen LogP contribution in [-0.2, 0) is 11.2 Å². The van der Waals surface area contributed by atoms with Gasteiger partial charge in [-0.25, -0.2) is 0 Å². The summed E-state index contributed by atoms with van der Waals surface area (Å²) in [5.41, 5.74) is 1.05. The highest BCUT2D eigenvalue weighted by Gasteiger charge is 2.13. The number of amides is 1. The van der Waals surface area contributed by atoms with Crippen LogP contribution in [0.4, 0.5) is 11.4 Å². The van der Waals surface area contributed by atoms with E-state index in [1.165, 1.54) is 38.5 Å². The average molecular weight is 351 g/mol. The lowest BCUT2D eigenvalue weighted by molar-refractivity contribution is -0.384. The number of methoxy groups -OCH3 is 2. The Kier molecular flexibility index (Phi) is 5.59. The van der Waals surface area contributed by atoms with E-state index in [2.05, 4.69) is 5.32 Å². The highest BCUT2D eigenvalue weighted by Crippen LogP contribution is 2.35. The van der Waals surface area contributed by atoms with E-state index in [1.807, 2.05) is 0 Å². The van der Waals surface area contributed by atoms with E-state index in [1.54, 1.807) is 12.1 Å². The predicted molar refractivity (Wildman–Crippen MR) is 90.0 cm³/mol. The molecule has 0 aliphatic carbocycles. The van der Waals surface area contributed by atoms with Gasteiger partial charge in [0.25, 0.3) is 5.69 Å². The van der Waals surface area contributed by atoms with Gasteiger partial charge in [-0.15, -0.1) is 0 Å². The average Bonchev–Trinajstić information content (AvgIpc) is 2.56. The van der Waals surface area contributed by atoms with Crippen LogP contribution in [0.1, 0.15) is 5.56 Å². The summed E-state index contributed by atoms with van der Waals surface area (Å²) in [5, 5.41) is 13.7. The third kappa shape index (κ3) is 4.14. The summed E-state index contributed by atoms with van der Waals surface area (Å²) in [7, 11) is 2.93.